The third-order valence-electron chi connectivity index (χ3n) is 3.70. The van der Waals surface area contributed by atoms with Crippen molar-refractivity contribution in [3.05, 3.63) is 58.1 Å². The van der Waals surface area contributed by atoms with Gasteiger partial charge >= 0.3 is 0 Å². The van der Waals surface area contributed by atoms with Crippen molar-refractivity contribution in [2.24, 2.45) is 0 Å². The largest absolute Gasteiger partial charge is 0.497 e. The highest BCUT2D eigenvalue weighted by molar-refractivity contribution is 9.10. The van der Waals surface area contributed by atoms with E-state index in [0.717, 1.165) is 28.0 Å². The zero-order valence-electron chi connectivity index (χ0n) is 12.7. The molecule has 0 bridgehead atoms. The monoisotopic (exact) mass is 348 g/mol. The maximum Gasteiger partial charge on any atom is 0.123 e. The highest BCUT2D eigenvalue weighted by Gasteiger charge is 2.10. The first-order chi connectivity index (χ1) is 10.2. The van der Waals surface area contributed by atoms with E-state index in [9.17, 15) is 0 Å². The molecule has 0 heterocycles. The number of benzene rings is 2. The minimum atomic E-state index is 0.495. The van der Waals surface area contributed by atoms with E-state index in [1.165, 1.54) is 5.56 Å². The Morgan fingerprint density at radius 1 is 1.14 bits per heavy atom. The second-order valence-corrected chi connectivity index (χ2v) is 5.95. The highest BCUT2D eigenvalue weighted by atomic mass is 79.9. The summed E-state index contributed by atoms with van der Waals surface area (Å²) in [5.41, 5.74) is 2.34. The van der Waals surface area contributed by atoms with E-state index in [1.807, 2.05) is 30.3 Å². The molecule has 0 N–H and O–H groups in total. The maximum absolute atomic E-state index is 6.04. The van der Waals surface area contributed by atoms with E-state index in [1.54, 1.807) is 7.11 Å². The van der Waals surface area contributed by atoms with Crippen LogP contribution >= 0.6 is 15.9 Å². The number of halogens is 1. The zero-order valence-corrected chi connectivity index (χ0v) is 14.3. The fourth-order valence-corrected chi connectivity index (χ4v) is 2.54. The molecule has 0 saturated carbocycles. The van der Waals surface area contributed by atoms with E-state index in [-0.39, 0.29) is 0 Å². The fraction of sp³-hybridized carbons (Fsp3) is 0.333. The molecule has 1 unspecified atom stereocenters. The average molecular weight is 349 g/mol. The number of methoxy groups -OCH3 is 1. The Morgan fingerprint density at radius 3 is 2.62 bits per heavy atom. The van der Waals surface area contributed by atoms with Crippen LogP contribution < -0.4 is 9.47 Å². The van der Waals surface area contributed by atoms with Crippen LogP contribution in [0.25, 0.3) is 0 Å². The predicted molar refractivity (Wildman–Crippen MR) is 90.2 cm³/mol. The Balaban J connectivity index is 2.17. The summed E-state index contributed by atoms with van der Waals surface area (Å²) in [5.74, 6) is 2.29. The van der Waals surface area contributed by atoms with E-state index in [2.05, 4.69) is 41.9 Å². The molecule has 21 heavy (non-hydrogen) atoms. The van der Waals surface area contributed by atoms with Crippen LogP contribution in [0.3, 0.4) is 0 Å². The molecule has 0 aromatic heterocycles. The molecule has 112 valence electrons. The third-order valence-corrected chi connectivity index (χ3v) is 4.47. The lowest BCUT2D eigenvalue weighted by molar-refractivity contribution is 0.299. The summed E-state index contributed by atoms with van der Waals surface area (Å²) in [7, 11) is 1.67. The minimum Gasteiger partial charge on any atom is -0.497 e. The summed E-state index contributed by atoms with van der Waals surface area (Å²) in [4.78, 5) is 0. The van der Waals surface area contributed by atoms with Gasteiger partial charge in [-0.25, -0.2) is 0 Å². The van der Waals surface area contributed by atoms with Crippen LogP contribution in [0.2, 0.25) is 0 Å². The molecule has 0 aliphatic heterocycles. The van der Waals surface area contributed by atoms with Gasteiger partial charge in [0, 0.05) is 10.0 Å². The van der Waals surface area contributed by atoms with Gasteiger partial charge in [0.25, 0.3) is 0 Å². The number of ether oxygens (including phenoxy) is 2. The van der Waals surface area contributed by atoms with Gasteiger partial charge in [0.15, 0.2) is 0 Å². The minimum absolute atomic E-state index is 0.495. The molecule has 1 atom stereocenters. The van der Waals surface area contributed by atoms with E-state index >= 15 is 0 Å². The van der Waals surface area contributed by atoms with Crippen LogP contribution in [0.15, 0.2) is 46.9 Å². The molecule has 2 aromatic carbocycles. The molecule has 0 fully saturated rings. The topological polar surface area (TPSA) is 18.5 Å². The van der Waals surface area contributed by atoms with Crippen molar-refractivity contribution in [1.29, 1.82) is 0 Å². The second kappa shape index (κ2) is 7.51. The van der Waals surface area contributed by atoms with Crippen LogP contribution in [0.1, 0.15) is 37.3 Å². The average Bonchev–Trinajstić information content (AvgIpc) is 2.53. The summed E-state index contributed by atoms with van der Waals surface area (Å²) >= 11 is 3.56. The molecular formula is C18H21BrO2. The molecular weight excluding hydrogens is 328 g/mol. The molecule has 2 nitrogen and oxygen atoms in total. The smallest absolute Gasteiger partial charge is 0.123 e. The molecule has 3 heteroatoms. The molecule has 0 spiro atoms. The number of para-hydroxylation sites is 1. The molecule has 0 radical (unpaired) electrons. The maximum atomic E-state index is 6.04. The van der Waals surface area contributed by atoms with Crippen molar-refractivity contribution in [3.8, 4) is 11.5 Å². The molecule has 0 amide bonds. The van der Waals surface area contributed by atoms with E-state index in [4.69, 9.17) is 9.47 Å². The summed E-state index contributed by atoms with van der Waals surface area (Å²) in [6.45, 7) is 4.94. The normalized spacial score (nSPS) is 12.0. The van der Waals surface area contributed by atoms with Gasteiger partial charge in [0.05, 0.1) is 7.11 Å². The van der Waals surface area contributed by atoms with Gasteiger partial charge in [-0.3, -0.25) is 0 Å². The van der Waals surface area contributed by atoms with E-state index in [0.29, 0.717) is 12.5 Å². The van der Waals surface area contributed by atoms with Crippen LogP contribution in [-0.4, -0.2) is 7.11 Å². The summed E-state index contributed by atoms with van der Waals surface area (Å²) in [6.07, 6.45) is 1.10. The fourth-order valence-electron chi connectivity index (χ4n) is 2.18. The standard InChI is InChI=1S/C18H21BrO2/c1-4-13(2)16-7-5-6-8-18(16)21-12-14-11-15(20-3)9-10-17(14)19/h5-11,13H,4,12H2,1-3H3. The molecule has 2 aromatic rings. The van der Waals surface area contributed by atoms with Gasteiger partial charge in [-0.1, -0.05) is 48.0 Å². The van der Waals surface area contributed by atoms with Crippen LogP contribution in [0.5, 0.6) is 11.5 Å². The highest BCUT2D eigenvalue weighted by Crippen LogP contribution is 2.30. The molecule has 0 aliphatic carbocycles. The first-order valence-electron chi connectivity index (χ1n) is 7.19. The van der Waals surface area contributed by atoms with Gasteiger partial charge in [-0.2, -0.15) is 0 Å². The number of rotatable bonds is 6. The van der Waals surface area contributed by atoms with Crippen molar-refractivity contribution < 1.29 is 9.47 Å². The van der Waals surface area contributed by atoms with E-state index < -0.39 is 0 Å². The van der Waals surface area contributed by atoms with Crippen LogP contribution in [0, 0.1) is 0 Å². The van der Waals surface area contributed by atoms with Gasteiger partial charge in [-0.05, 0) is 42.2 Å². The zero-order chi connectivity index (χ0) is 15.2. The van der Waals surface area contributed by atoms with Crippen molar-refractivity contribution >= 4 is 15.9 Å². The van der Waals surface area contributed by atoms with Crippen molar-refractivity contribution in [3.63, 3.8) is 0 Å². The summed E-state index contributed by atoms with van der Waals surface area (Å²) < 4.78 is 12.3. The SMILES string of the molecule is CCC(C)c1ccccc1OCc1cc(OC)ccc1Br. The van der Waals surface area contributed by atoms with Gasteiger partial charge < -0.3 is 9.47 Å². The Hall–Kier alpha value is -1.48. The lowest BCUT2D eigenvalue weighted by atomic mass is 9.98. The van der Waals surface area contributed by atoms with Crippen LogP contribution in [-0.2, 0) is 6.61 Å². The van der Waals surface area contributed by atoms with Gasteiger partial charge in [0.2, 0.25) is 0 Å². The lowest BCUT2D eigenvalue weighted by Gasteiger charge is -2.16. The van der Waals surface area contributed by atoms with Crippen molar-refractivity contribution in [2.45, 2.75) is 32.8 Å². The van der Waals surface area contributed by atoms with Gasteiger partial charge in [-0.15, -0.1) is 0 Å². The molecule has 0 aliphatic rings. The Labute approximate surface area is 135 Å². The number of hydrogen-bond acceptors (Lipinski definition) is 2. The molecule has 2 rings (SSSR count). The van der Waals surface area contributed by atoms with Crippen molar-refractivity contribution in [1.82, 2.24) is 0 Å². The first kappa shape index (κ1) is 15.9. The first-order valence-corrected chi connectivity index (χ1v) is 7.99. The number of hydrogen-bond donors (Lipinski definition) is 0. The Kier molecular flexibility index (Phi) is 5.68. The predicted octanol–water partition coefficient (Wildman–Crippen LogP) is 5.55. The molecule has 0 saturated heterocycles. The Morgan fingerprint density at radius 2 is 1.90 bits per heavy atom. The lowest BCUT2D eigenvalue weighted by Crippen LogP contribution is -2.01. The summed E-state index contributed by atoms with van der Waals surface area (Å²) in [5, 5.41) is 0. The Bertz CT molecular complexity index is 596. The van der Waals surface area contributed by atoms with Gasteiger partial charge in [0.1, 0.15) is 18.1 Å². The van der Waals surface area contributed by atoms with Crippen molar-refractivity contribution in [2.75, 3.05) is 7.11 Å². The second-order valence-electron chi connectivity index (χ2n) is 5.09. The van der Waals surface area contributed by atoms with Crippen LogP contribution in [0.4, 0.5) is 0 Å². The third kappa shape index (κ3) is 4.01. The quantitative estimate of drug-likeness (QED) is 0.681. The summed E-state index contributed by atoms with van der Waals surface area (Å²) in [6, 6.07) is 14.2.